The first-order valence-corrected chi connectivity index (χ1v) is 1.79. The lowest BCUT2D eigenvalue weighted by Crippen LogP contribution is -1.69. The maximum absolute atomic E-state index is 4.50. The minimum absolute atomic E-state index is 1.40. The smallest absolute Gasteiger partial charge is 0.144 e. The lowest BCUT2D eigenvalue weighted by atomic mass is 11.0. The fraction of sp³-hybridized carbons (Fsp3) is 0.333. The summed E-state index contributed by atoms with van der Waals surface area (Å²) in [5.74, 6) is 0. The molecule has 40 valence electrons. The summed E-state index contributed by atoms with van der Waals surface area (Å²) in [6.07, 6.45) is 2.88. The number of hydrogen-bond acceptors (Lipinski definition) is 4. The molecule has 0 bridgehead atoms. The van der Waals surface area contributed by atoms with Gasteiger partial charge in [-0.1, -0.05) is 0 Å². The zero-order chi connectivity index (χ0) is 5.54. The van der Waals surface area contributed by atoms with E-state index in [2.05, 4.69) is 20.6 Å². The van der Waals surface area contributed by atoms with E-state index in [0.717, 1.165) is 0 Å². The molecule has 4 heteroatoms. The van der Waals surface area contributed by atoms with Crippen LogP contribution in [0.5, 0.6) is 0 Å². The normalized spacial score (nSPS) is 6.57. The predicted octanol–water partition coefficient (Wildman–Crippen LogP) is -0.356. The van der Waals surface area contributed by atoms with E-state index in [1.165, 1.54) is 19.5 Å². The molecule has 0 aromatic carbocycles. The van der Waals surface area contributed by atoms with Crippen LogP contribution in [-0.2, 0) is 0 Å². The quantitative estimate of drug-likeness (QED) is 0.485. The Bertz CT molecular complexity index is 66.7. The summed E-state index contributed by atoms with van der Waals surface area (Å²) in [6.45, 7) is 0. The Kier molecular flexibility index (Phi) is 4.44. The summed E-state index contributed by atoms with van der Waals surface area (Å²) >= 11 is 0. The van der Waals surface area contributed by atoms with Crippen LogP contribution in [0.1, 0.15) is 0 Å². The molecular formula is C3H7N3O. The molecule has 0 unspecified atom stereocenters. The van der Waals surface area contributed by atoms with E-state index in [1.807, 2.05) is 0 Å². The number of hydrogen-bond donors (Lipinski definition) is 1. The topological polar surface area (TPSA) is 64.9 Å². The monoisotopic (exact) mass is 101 g/mol. The molecule has 1 aromatic rings. The number of nitrogens with two attached hydrogens (primary N) is 1. The fourth-order valence-electron chi connectivity index (χ4n) is 0.136. The Morgan fingerprint density at radius 1 is 1.57 bits per heavy atom. The van der Waals surface area contributed by atoms with Gasteiger partial charge in [0.15, 0.2) is 0 Å². The second-order valence-corrected chi connectivity index (χ2v) is 0.588. The van der Waals surface area contributed by atoms with E-state index in [4.69, 9.17) is 0 Å². The lowest BCUT2D eigenvalue weighted by Gasteiger charge is -1.45. The molecule has 1 heterocycles. The molecule has 0 aliphatic carbocycles. The van der Waals surface area contributed by atoms with Crippen molar-refractivity contribution in [2.45, 2.75) is 0 Å². The van der Waals surface area contributed by atoms with Crippen LogP contribution in [0.2, 0.25) is 0 Å². The van der Waals surface area contributed by atoms with E-state index >= 15 is 0 Å². The van der Waals surface area contributed by atoms with E-state index in [1.54, 1.807) is 0 Å². The minimum Gasteiger partial charge on any atom is -0.346 e. The first-order valence-electron chi connectivity index (χ1n) is 1.79. The average Bonchev–Trinajstić information content (AvgIpc) is 2.23. The van der Waals surface area contributed by atoms with E-state index in [9.17, 15) is 0 Å². The van der Waals surface area contributed by atoms with Crippen LogP contribution in [-0.4, -0.2) is 17.4 Å². The summed E-state index contributed by atoms with van der Waals surface area (Å²) in [7, 11) is 1.50. The predicted molar refractivity (Wildman–Crippen MR) is 24.4 cm³/mol. The highest BCUT2D eigenvalue weighted by Crippen LogP contribution is 1.64. The molecular weight excluding hydrogens is 94.1 g/mol. The molecule has 1 rings (SSSR count). The summed E-state index contributed by atoms with van der Waals surface area (Å²) in [5, 5.41) is 6.40. The van der Waals surface area contributed by atoms with Crippen molar-refractivity contribution in [3.63, 3.8) is 0 Å². The SMILES string of the molecule is CN.c1conn1. The van der Waals surface area contributed by atoms with Gasteiger partial charge in [-0.25, -0.2) is 0 Å². The van der Waals surface area contributed by atoms with Crippen LogP contribution in [0.25, 0.3) is 0 Å². The van der Waals surface area contributed by atoms with Crippen molar-refractivity contribution in [2.24, 2.45) is 5.73 Å². The summed E-state index contributed by atoms with van der Waals surface area (Å²) in [5.41, 5.74) is 4.50. The third-order valence-electron chi connectivity index (χ3n) is 0.283. The summed E-state index contributed by atoms with van der Waals surface area (Å²) in [6, 6.07) is 0. The van der Waals surface area contributed by atoms with Crippen molar-refractivity contribution in [1.29, 1.82) is 0 Å². The fourth-order valence-corrected chi connectivity index (χ4v) is 0.136. The van der Waals surface area contributed by atoms with Crippen molar-refractivity contribution in [2.75, 3.05) is 7.05 Å². The maximum atomic E-state index is 4.50. The van der Waals surface area contributed by atoms with Gasteiger partial charge in [-0.2, -0.15) is 0 Å². The van der Waals surface area contributed by atoms with Crippen molar-refractivity contribution < 1.29 is 4.52 Å². The molecule has 0 radical (unpaired) electrons. The van der Waals surface area contributed by atoms with Gasteiger partial charge in [0.2, 0.25) is 0 Å². The van der Waals surface area contributed by atoms with Gasteiger partial charge in [-0.15, -0.1) is 5.10 Å². The summed E-state index contributed by atoms with van der Waals surface area (Å²) in [4.78, 5) is 0. The Balaban J connectivity index is 0.000000162. The minimum atomic E-state index is 1.40. The van der Waals surface area contributed by atoms with E-state index < -0.39 is 0 Å². The molecule has 0 amide bonds. The van der Waals surface area contributed by atoms with Crippen LogP contribution in [0.3, 0.4) is 0 Å². The molecule has 1 aromatic heterocycles. The first kappa shape index (κ1) is 6.10. The Morgan fingerprint density at radius 3 is 2.43 bits per heavy atom. The maximum Gasteiger partial charge on any atom is 0.144 e. The van der Waals surface area contributed by atoms with Crippen LogP contribution in [0.15, 0.2) is 17.0 Å². The standard InChI is InChI=1S/C2H2N2O.CH5N/c1-2-5-4-3-1;1-2/h1-2H;2H2,1H3. The van der Waals surface area contributed by atoms with Gasteiger partial charge in [0.1, 0.15) is 6.26 Å². The van der Waals surface area contributed by atoms with Gasteiger partial charge in [-0.05, 0) is 7.05 Å². The Hall–Kier alpha value is -0.900. The second kappa shape index (κ2) is 5.10. The zero-order valence-electron chi connectivity index (χ0n) is 4.03. The molecule has 0 saturated carbocycles. The molecule has 0 saturated heterocycles. The largest absolute Gasteiger partial charge is 0.346 e. The number of nitrogens with zero attached hydrogens (tertiary/aromatic N) is 2. The highest BCUT2D eigenvalue weighted by molar-refractivity contribution is 4.48. The van der Waals surface area contributed by atoms with Crippen LogP contribution in [0.4, 0.5) is 0 Å². The Morgan fingerprint density at radius 2 is 2.29 bits per heavy atom. The molecule has 0 atom stereocenters. The highest BCUT2D eigenvalue weighted by Gasteiger charge is 1.61. The average molecular weight is 101 g/mol. The molecule has 7 heavy (non-hydrogen) atoms. The van der Waals surface area contributed by atoms with Crippen molar-refractivity contribution in [3.05, 3.63) is 12.5 Å². The molecule has 0 aliphatic rings. The zero-order valence-corrected chi connectivity index (χ0v) is 4.03. The Labute approximate surface area is 41.3 Å². The number of aromatic nitrogens is 2. The molecule has 2 N–H and O–H groups in total. The van der Waals surface area contributed by atoms with Crippen molar-refractivity contribution >= 4 is 0 Å². The molecule has 0 spiro atoms. The van der Waals surface area contributed by atoms with Crippen molar-refractivity contribution in [1.82, 2.24) is 10.4 Å². The van der Waals surface area contributed by atoms with Crippen LogP contribution in [0, 0.1) is 0 Å². The molecule has 0 aliphatic heterocycles. The lowest BCUT2D eigenvalue weighted by molar-refractivity contribution is 0.393. The number of rotatable bonds is 0. The van der Waals surface area contributed by atoms with E-state index in [0.29, 0.717) is 0 Å². The molecule has 0 fully saturated rings. The van der Waals surface area contributed by atoms with Gasteiger partial charge in [-0.3, -0.25) is 0 Å². The third-order valence-corrected chi connectivity index (χ3v) is 0.283. The molecule has 4 nitrogen and oxygen atoms in total. The van der Waals surface area contributed by atoms with E-state index in [-0.39, 0.29) is 0 Å². The van der Waals surface area contributed by atoms with Gasteiger partial charge in [0.05, 0.1) is 6.20 Å². The highest BCUT2D eigenvalue weighted by atomic mass is 16.5. The van der Waals surface area contributed by atoms with Crippen LogP contribution < -0.4 is 5.73 Å². The van der Waals surface area contributed by atoms with Gasteiger partial charge < -0.3 is 10.3 Å². The third kappa shape index (κ3) is 2.92. The van der Waals surface area contributed by atoms with Crippen LogP contribution >= 0.6 is 0 Å². The van der Waals surface area contributed by atoms with Gasteiger partial charge >= 0.3 is 0 Å². The van der Waals surface area contributed by atoms with Gasteiger partial charge in [0, 0.05) is 5.27 Å². The second-order valence-electron chi connectivity index (χ2n) is 0.588. The summed E-state index contributed by atoms with van der Waals surface area (Å²) < 4.78 is 4.22. The first-order chi connectivity index (χ1) is 3.50. The van der Waals surface area contributed by atoms with Crippen molar-refractivity contribution in [3.8, 4) is 0 Å². The van der Waals surface area contributed by atoms with Gasteiger partial charge in [0.25, 0.3) is 0 Å².